The van der Waals surface area contributed by atoms with Crippen molar-refractivity contribution in [1.82, 2.24) is 5.32 Å². The fraction of sp³-hybridized carbons (Fsp3) is 0.538. The van der Waals surface area contributed by atoms with Crippen LogP contribution in [0.5, 0.6) is 0 Å². The molecule has 0 aliphatic heterocycles. The molecule has 0 aromatic heterocycles. The highest BCUT2D eigenvalue weighted by Gasteiger charge is 2.35. The molecule has 2 heteroatoms. The molecule has 0 bridgehead atoms. The Morgan fingerprint density at radius 2 is 2.33 bits per heavy atom. The minimum absolute atomic E-state index is 0.143. The van der Waals surface area contributed by atoms with Crippen molar-refractivity contribution >= 4 is 0 Å². The van der Waals surface area contributed by atoms with E-state index in [1.807, 2.05) is 6.07 Å². The summed E-state index contributed by atoms with van der Waals surface area (Å²) in [5, 5.41) is 3.47. The number of rotatable bonds is 5. The summed E-state index contributed by atoms with van der Waals surface area (Å²) < 4.78 is 12.9. The van der Waals surface area contributed by atoms with E-state index in [1.54, 1.807) is 12.1 Å². The van der Waals surface area contributed by atoms with Crippen molar-refractivity contribution in [1.29, 1.82) is 0 Å². The second-order valence-corrected chi connectivity index (χ2v) is 4.40. The summed E-state index contributed by atoms with van der Waals surface area (Å²) in [5.41, 5.74) is 1.04. The minimum atomic E-state index is -0.143. The zero-order valence-corrected chi connectivity index (χ0v) is 9.17. The first-order valence-corrected chi connectivity index (χ1v) is 5.77. The number of halogens is 1. The molecule has 0 saturated heterocycles. The normalized spacial score (nSPS) is 24.1. The van der Waals surface area contributed by atoms with Gasteiger partial charge in [0.2, 0.25) is 0 Å². The predicted molar refractivity (Wildman–Crippen MR) is 60.0 cm³/mol. The van der Waals surface area contributed by atoms with Crippen LogP contribution in [0.15, 0.2) is 24.3 Å². The monoisotopic (exact) mass is 207 g/mol. The Kier molecular flexibility index (Phi) is 3.37. The molecule has 1 aliphatic carbocycles. The lowest BCUT2D eigenvalue weighted by Gasteiger charge is -2.04. The van der Waals surface area contributed by atoms with Gasteiger partial charge in [-0.15, -0.1) is 0 Å². The van der Waals surface area contributed by atoms with Crippen LogP contribution < -0.4 is 5.32 Å². The number of hydrogen-bond donors (Lipinski definition) is 1. The molecular weight excluding hydrogens is 189 g/mol. The molecule has 1 fully saturated rings. The van der Waals surface area contributed by atoms with E-state index in [1.165, 1.54) is 25.3 Å². The third kappa shape index (κ3) is 3.03. The summed E-state index contributed by atoms with van der Waals surface area (Å²) in [5.74, 6) is 0.721. The average molecular weight is 207 g/mol. The summed E-state index contributed by atoms with van der Waals surface area (Å²) >= 11 is 0. The third-order valence-electron chi connectivity index (χ3n) is 3.04. The molecule has 0 radical (unpaired) electrons. The molecule has 1 saturated carbocycles. The largest absolute Gasteiger partial charge is 0.310 e. The molecular formula is C13H18FN. The Hall–Kier alpha value is -0.890. The van der Waals surface area contributed by atoms with Gasteiger partial charge in [-0.3, -0.25) is 0 Å². The Morgan fingerprint density at radius 3 is 3.07 bits per heavy atom. The van der Waals surface area contributed by atoms with Gasteiger partial charge in [0.1, 0.15) is 5.82 Å². The second kappa shape index (κ2) is 4.75. The molecule has 2 unspecified atom stereocenters. The molecule has 1 aromatic rings. The maximum Gasteiger partial charge on any atom is 0.123 e. The van der Waals surface area contributed by atoms with Crippen molar-refractivity contribution in [3.8, 4) is 0 Å². The van der Waals surface area contributed by atoms with E-state index in [2.05, 4.69) is 12.2 Å². The standard InChI is InChI=1S/C13H18FN/c1-2-4-11-8-13(11)15-9-10-5-3-6-12(14)7-10/h3,5-7,11,13,15H,2,4,8-9H2,1H3. The smallest absolute Gasteiger partial charge is 0.123 e. The van der Waals surface area contributed by atoms with Crippen LogP contribution in [-0.4, -0.2) is 6.04 Å². The quantitative estimate of drug-likeness (QED) is 0.782. The molecule has 0 spiro atoms. The van der Waals surface area contributed by atoms with E-state index in [0.29, 0.717) is 6.04 Å². The summed E-state index contributed by atoms with van der Waals surface area (Å²) in [7, 11) is 0. The van der Waals surface area contributed by atoms with Crippen LogP contribution in [0.2, 0.25) is 0 Å². The molecule has 1 nitrogen and oxygen atoms in total. The zero-order chi connectivity index (χ0) is 10.7. The van der Waals surface area contributed by atoms with Gasteiger partial charge in [0, 0.05) is 12.6 Å². The van der Waals surface area contributed by atoms with Crippen LogP contribution in [0.3, 0.4) is 0 Å². The number of nitrogens with one attached hydrogen (secondary N) is 1. The van der Waals surface area contributed by atoms with Gasteiger partial charge in [0.25, 0.3) is 0 Å². The van der Waals surface area contributed by atoms with Crippen molar-refractivity contribution in [2.75, 3.05) is 0 Å². The summed E-state index contributed by atoms with van der Waals surface area (Å²) in [4.78, 5) is 0. The first-order valence-electron chi connectivity index (χ1n) is 5.77. The summed E-state index contributed by atoms with van der Waals surface area (Å²) in [6, 6.07) is 7.49. The van der Waals surface area contributed by atoms with Crippen molar-refractivity contribution in [2.24, 2.45) is 5.92 Å². The van der Waals surface area contributed by atoms with E-state index in [4.69, 9.17) is 0 Å². The zero-order valence-electron chi connectivity index (χ0n) is 9.17. The first-order chi connectivity index (χ1) is 7.29. The molecule has 1 N–H and O–H groups in total. The highest BCUT2D eigenvalue weighted by Crippen LogP contribution is 2.34. The van der Waals surface area contributed by atoms with Crippen LogP contribution in [0.1, 0.15) is 31.7 Å². The molecule has 15 heavy (non-hydrogen) atoms. The first kappa shape index (κ1) is 10.6. The lowest BCUT2D eigenvalue weighted by Crippen LogP contribution is -2.17. The van der Waals surface area contributed by atoms with Crippen molar-refractivity contribution in [2.45, 2.75) is 38.8 Å². The van der Waals surface area contributed by atoms with Gasteiger partial charge < -0.3 is 5.32 Å². The third-order valence-corrected chi connectivity index (χ3v) is 3.04. The predicted octanol–water partition coefficient (Wildman–Crippen LogP) is 3.10. The lowest BCUT2D eigenvalue weighted by atomic mass is 10.2. The average Bonchev–Trinajstić information content (AvgIpc) is 2.95. The van der Waals surface area contributed by atoms with Gasteiger partial charge >= 0.3 is 0 Å². The Morgan fingerprint density at radius 1 is 1.47 bits per heavy atom. The highest BCUT2D eigenvalue weighted by molar-refractivity contribution is 5.16. The SMILES string of the molecule is CCCC1CC1NCc1cccc(F)c1. The van der Waals surface area contributed by atoms with Gasteiger partial charge in [-0.2, -0.15) is 0 Å². The van der Waals surface area contributed by atoms with Crippen molar-refractivity contribution < 1.29 is 4.39 Å². The van der Waals surface area contributed by atoms with Crippen molar-refractivity contribution in [3.05, 3.63) is 35.6 Å². The van der Waals surface area contributed by atoms with Crippen LogP contribution in [-0.2, 0) is 6.54 Å². The summed E-state index contributed by atoms with van der Waals surface area (Å²) in [6.07, 6.45) is 3.88. The van der Waals surface area contributed by atoms with Crippen LogP contribution in [0.4, 0.5) is 4.39 Å². The fourth-order valence-corrected chi connectivity index (χ4v) is 2.08. The Bertz CT molecular complexity index is 324. The van der Waals surface area contributed by atoms with Gasteiger partial charge in [0.05, 0.1) is 0 Å². The van der Waals surface area contributed by atoms with Crippen LogP contribution in [0.25, 0.3) is 0 Å². The molecule has 0 heterocycles. The molecule has 2 rings (SSSR count). The molecule has 82 valence electrons. The molecule has 0 amide bonds. The maximum absolute atomic E-state index is 12.9. The maximum atomic E-state index is 12.9. The Balaban J connectivity index is 1.75. The second-order valence-electron chi connectivity index (χ2n) is 4.40. The summed E-state index contributed by atoms with van der Waals surface area (Å²) in [6.45, 7) is 3.02. The van der Waals surface area contributed by atoms with Crippen LogP contribution >= 0.6 is 0 Å². The fourth-order valence-electron chi connectivity index (χ4n) is 2.08. The topological polar surface area (TPSA) is 12.0 Å². The van der Waals surface area contributed by atoms with E-state index >= 15 is 0 Å². The minimum Gasteiger partial charge on any atom is -0.310 e. The van der Waals surface area contributed by atoms with E-state index in [-0.39, 0.29) is 5.82 Å². The highest BCUT2D eigenvalue weighted by atomic mass is 19.1. The van der Waals surface area contributed by atoms with E-state index in [0.717, 1.165) is 18.0 Å². The van der Waals surface area contributed by atoms with Gasteiger partial charge in [0.15, 0.2) is 0 Å². The van der Waals surface area contributed by atoms with E-state index < -0.39 is 0 Å². The van der Waals surface area contributed by atoms with Crippen molar-refractivity contribution in [3.63, 3.8) is 0 Å². The number of benzene rings is 1. The van der Waals surface area contributed by atoms with Crippen LogP contribution in [0, 0.1) is 11.7 Å². The van der Waals surface area contributed by atoms with E-state index in [9.17, 15) is 4.39 Å². The molecule has 2 atom stereocenters. The lowest BCUT2D eigenvalue weighted by molar-refractivity contribution is 0.592. The van der Waals surface area contributed by atoms with Gasteiger partial charge in [-0.05, 0) is 36.5 Å². The van der Waals surface area contributed by atoms with Gasteiger partial charge in [-0.1, -0.05) is 25.5 Å². The molecule has 1 aliphatic rings. The number of hydrogen-bond acceptors (Lipinski definition) is 1. The molecule has 1 aromatic carbocycles. The Labute approximate surface area is 90.7 Å². The van der Waals surface area contributed by atoms with Gasteiger partial charge in [-0.25, -0.2) is 4.39 Å².